The van der Waals surface area contributed by atoms with E-state index in [1.807, 2.05) is 70.2 Å². The zero-order valence-electron chi connectivity index (χ0n) is 20.6. The molecule has 35 heavy (non-hydrogen) atoms. The highest BCUT2D eigenvalue weighted by Crippen LogP contribution is 2.31. The van der Waals surface area contributed by atoms with Gasteiger partial charge in [-0.3, -0.25) is 4.79 Å². The van der Waals surface area contributed by atoms with Crippen molar-refractivity contribution < 1.29 is 18.7 Å². The fraction of sp³-hybridized carbons (Fsp3) is 0.286. The average molecular weight is 476 g/mol. The lowest BCUT2D eigenvalue weighted by atomic mass is 9.94. The normalized spacial score (nSPS) is 13.3. The van der Waals surface area contributed by atoms with Gasteiger partial charge in [0.2, 0.25) is 5.91 Å². The summed E-state index contributed by atoms with van der Waals surface area (Å²) >= 11 is 0. The molecule has 1 unspecified atom stereocenters. The van der Waals surface area contributed by atoms with E-state index >= 15 is 0 Å². The number of nitrogens with one attached hydrogen (secondary N) is 1. The molecule has 0 bridgehead atoms. The molecule has 0 saturated heterocycles. The van der Waals surface area contributed by atoms with Crippen molar-refractivity contribution in [1.82, 2.24) is 15.1 Å². The Morgan fingerprint density at radius 2 is 1.77 bits per heavy atom. The van der Waals surface area contributed by atoms with Crippen LogP contribution in [-0.2, 0) is 4.79 Å². The SMILES string of the molecule is COc1cccc([C@@H](Oc2ccc3c(cnn3-c3ccc(F)cc3)c2)C(C)NC(=O)C(C)(C)C)c1. The Hall–Kier alpha value is -3.87. The lowest BCUT2D eigenvalue weighted by molar-refractivity contribution is -0.129. The molecule has 1 aromatic heterocycles. The smallest absolute Gasteiger partial charge is 0.225 e. The molecule has 1 N–H and O–H groups in total. The number of nitrogens with zero attached hydrogens (tertiary/aromatic N) is 2. The van der Waals surface area contributed by atoms with Crippen LogP contribution in [0.5, 0.6) is 11.5 Å². The van der Waals surface area contributed by atoms with Crippen LogP contribution >= 0.6 is 0 Å². The Balaban J connectivity index is 1.65. The monoisotopic (exact) mass is 475 g/mol. The molecule has 1 amide bonds. The molecule has 0 spiro atoms. The number of carbonyl (C=O) groups excluding carboxylic acids is 1. The van der Waals surface area contributed by atoms with Crippen LogP contribution < -0.4 is 14.8 Å². The molecule has 2 atom stereocenters. The van der Waals surface area contributed by atoms with Crippen LogP contribution in [-0.4, -0.2) is 28.8 Å². The molecule has 3 aromatic carbocycles. The van der Waals surface area contributed by atoms with E-state index in [1.165, 1.54) is 12.1 Å². The molecule has 0 aliphatic carbocycles. The van der Waals surface area contributed by atoms with Crippen molar-refractivity contribution in [3.05, 3.63) is 84.3 Å². The summed E-state index contributed by atoms with van der Waals surface area (Å²) in [6.07, 6.45) is 1.29. The highest BCUT2D eigenvalue weighted by molar-refractivity contribution is 5.82. The van der Waals surface area contributed by atoms with Gasteiger partial charge in [-0.2, -0.15) is 5.10 Å². The van der Waals surface area contributed by atoms with Gasteiger partial charge < -0.3 is 14.8 Å². The van der Waals surface area contributed by atoms with Crippen molar-refractivity contribution in [1.29, 1.82) is 0 Å². The minimum Gasteiger partial charge on any atom is -0.497 e. The van der Waals surface area contributed by atoms with Crippen LogP contribution in [0, 0.1) is 11.2 Å². The molecule has 4 rings (SSSR count). The highest BCUT2D eigenvalue weighted by Gasteiger charge is 2.28. The predicted molar refractivity (Wildman–Crippen MR) is 134 cm³/mol. The average Bonchev–Trinajstić information content (AvgIpc) is 3.25. The predicted octanol–water partition coefficient (Wildman–Crippen LogP) is 5.84. The van der Waals surface area contributed by atoms with E-state index in [2.05, 4.69) is 10.4 Å². The Kier molecular flexibility index (Phi) is 6.78. The Morgan fingerprint density at radius 3 is 2.46 bits per heavy atom. The Bertz CT molecular complexity index is 1330. The van der Waals surface area contributed by atoms with Gasteiger partial charge in [0.05, 0.1) is 30.6 Å². The number of carbonyl (C=O) groups is 1. The topological polar surface area (TPSA) is 65.4 Å². The fourth-order valence-electron chi connectivity index (χ4n) is 3.80. The summed E-state index contributed by atoms with van der Waals surface area (Å²) in [6, 6.07) is 19.2. The first-order chi connectivity index (χ1) is 16.7. The van der Waals surface area contributed by atoms with Gasteiger partial charge in [0.15, 0.2) is 0 Å². The molecule has 0 saturated carbocycles. The zero-order chi connectivity index (χ0) is 25.2. The molecular weight excluding hydrogens is 445 g/mol. The number of hydrogen-bond acceptors (Lipinski definition) is 4. The largest absolute Gasteiger partial charge is 0.497 e. The van der Waals surface area contributed by atoms with Crippen LogP contribution in [0.15, 0.2) is 72.9 Å². The van der Waals surface area contributed by atoms with Gasteiger partial charge in [-0.1, -0.05) is 32.9 Å². The van der Waals surface area contributed by atoms with E-state index in [1.54, 1.807) is 30.1 Å². The maximum Gasteiger partial charge on any atom is 0.225 e. The van der Waals surface area contributed by atoms with E-state index in [-0.39, 0.29) is 17.8 Å². The second kappa shape index (κ2) is 9.78. The first kappa shape index (κ1) is 24.3. The van der Waals surface area contributed by atoms with Crippen molar-refractivity contribution in [3.8, 4) is 17.2 Å². The summed E-state index contributed by atoms with van der Waals surface area (Å²) in [6.45, 7) is 7.56. The molecule has 0 radical (unpaired) electrons. The second-order valence-electron chi connectivity index (χ2n) is 9.58. The van der Waals surface area contributed by atoms with Gasteiger partial charge in [-0.15, -0.1) is 0 Å². The highest BCUT2D eigenvalue weighted by atomic mass is 19.1. The molecule has 182 valence electrons. The Labute approximate surface area is 204 Å². The number of benzene rings is 3. The van der Waals surface area contributed by atoms with Crippen LogP contribution in [0.3, 0.4) is 0 Å². The quantitative estimate of drug-likeness (QED) is 0.364. The van der Waals surface area contributed by atoms with E-state index < -0.39 is 11.5 Å². The number of amides is 1. The third-order valence-corrected chi connectivity index (χ3v) is 5.79. The van der Waals surface area contributed by atoms with Gasteiger partial charge in [0.1, 0.15) is 23.4 Å². The van der Waals surface area contributed by atoms with Crippen molar-refractivity contribution in [3.63, 3.8) is 0 Å². The van der Waals surface area contributed by atoms with Crippen molar-refractivity contribution in [2.75, 3.05) is 7.11 Å². The van der Waals surface area contributed by atoms with Crippen molar-refractivity contribution in [2.45, 2.75) is 39.8 Å². The third kappa shape index (κ3) is 5.45. The lowest BCUT2D eigenvalue weighted by Crippen LogP contribution is -2.44. The third-order valence-electron chi connectivity index (χ3n) is 5.79. The second-order valence-corrected chi connectivity index (χ2v) is 9.58. The number of rotatable bonds is 7. The van der Waals surface area contributed by atoms with Crippen molar-refractivity contribution >= 4 is 16.8 Å². The summed E-state index contributed by atoms with van der Waals surface area (Å²) in [5.41, 5.74) is 1.99. The van der Waals surface area contributed by atoms with E-state index in [0.717, 1.165) is 22.2 Å². The summed E-state index contributed by atoms with van der Waals surface area (Å²) in [7, 11) is 1.62. The summed E-state index contributed by atoms with van der Waals surface area (Å²) < 4.78 is 26.9. The number of fused-ring (bicyclic) bond motifs is 1. The minimum absolute atomic E-state index is 0.0578. The molecule has 0 aliphatic heterocycles. The van der Waals surface area contributed by atoms with E-state index in [4.69, 9.17) is 9.47 Å². The van der Waals surface area contributed by atoms with Gasteiger partial charge in [0.25, 0.3) is 0 Å². The standard InChI is InChI=1S/C28H30FN3O3/c1-18(31-27(33)28(2,3)4)26(19-7-6-8-23(15-19)34-5)35-24-13-14-25-20(16-24)17-30-32(25)22-11-9-21(29)10-12-22/h6-18,26H,1-5H3,(H,31,33)/t18?,26-/m0/s1. The fourth-order valence-corrected chi connectivity index (χ4v) is 3.80. The summed E-state index contributed by atoms with van der Waals surface area (Å²) in [5.74, 6) is 0.997. The molecule has 7 heteroatoms. The van der Waals surface area contributed by atoms with Gasteiger partial charge >= 0.3 is 0 Å². The minimum atomic E-state index is -0.527. The van der Waals surface area contributed by atoms with Crippen LogP contribution in [0.4, 0.5) is 4.39 Å². The van der Waals surface area contributed by atoms with E-state index in [0.29, 0.717) is 11.5 Å². The molecular formula is C28H30FN3O3. The van der Waals surface area contributed by atoms with Crippen LogP contribution in [0.25, 0.3) is 16.6 Å². The number of hydrogen-bond donors (Lipinski definition) is 1. The first-order valence-corrected chi connectivity index (χ1v) is 11.5. The molecule has 6 nitrogen and oxygen atoms in total. The van der Waals surface area contributed by atoms with Gasteiger partial charge in [-0.25, -0.2) is 9.07 Å². The van der Waals surface area contributed by atoms with Gasteiger partial charge in [0, 0.05) is 10.8 Å². The zero-order valence-corrected chi connectivity index (χ0v) is 20.6. The molecule has 1 heterocycles. The van der Waals surface area contributed by atoms with E-state index in [9.17, 15) is 9.18 Å². The summed E-state index contributed by atoms with van der Waals surface area (Å²) in [5, 5.41) is 8.43. The maximum absolute atomic E-state index is 13.3. The van der Waals surface area contributed by atoms with Gasteiger partial charge in [-0.05, 0) is 67.1 Å². The first-order valence-electron chi connectivity index (χ1n) is 11.5. The molecule has 0 fully saturated rings. The Morgan fingerprint density at radius 1 is 1.03 bits per heavy atom. The number of methoxy groups -OCH3 is 1. The van der Waals surface area contributed by atoms with Crippen molar-refractivity contribution in [2.24, 2.45) is 5.41 Å². The number of aromatic nitrogens is 2. The maximum atomic E-state index is 13.3. The number of halogens is 1. The number of ether oxygens (including phenoxy) is 2. The van der Waals surface area contributed by atoms with Crippen LogP contribution in [0.2, 0.25) is 0 Å². The molecule has 0 aliphatic rings. The van der Waals surface area contributed by atoms with Crippen LogP contribution in [0.1, 0.15) is 39.4 Å². The summed E-state index contributed by atoms with van der Waals surface area (Å²) in [4.78, 5) is 12.7. The lowest BCUT2D eigenvalue weighted by Gasteiger charge is -2.29. The molecule has 4 aromatic rings.